The highest BCUT2D eigenvalue weighted by Crippen LogP contribution is 2.22. The van der Waals surface area contributed by atoms with E-state index in [4.69, 9.17) is 5.11 Å². The molecule has 0 spiro atoms. The van der Waals surface area contributed by atoms with Gasteiger partial charge in [0.15, 0.2) is 5.78 Å². The first kappa shape index (κ1) is 16.9. The Hall–Kier alpha value is -2.51. The van der Waals surface area contributed by atoms with Crippen LogP contribution in [0.2, 0.25) is 0 Å². The molecule has 0 saturated heterocycles. The monoisotopic (exact) mass is 334 g/mol. The van der Waals surface area contributed by atoms with E-state index in [9.17, 15) is 18.0 Å². The molecule has 2 aromatic carbocycles. The van der Waals surface area contributed by atoms with Crippen LogP contribution in [0.5, 0.6) is 0 Å². The highest BCUT2D eigenvalue weighted by atomic mass is 32.2. The number of ketones is 1. The number of esters is 1. The quantitative estimate of drug-likeness (QED) is 0.657. The lowest BCUT2D eigenvalue weighted by molar-refractivity contribution is 0.0600. The van der Waals surface area contributed by atoms with Gasteiger partial charge in [-0.1, -0.05) is 12.1 Å². The molecular weight excluding hydrogens is 320 g/mol. The second kappa shape index (κ2) is 6.72. The van der Waals surface area contributed by atoms with Gasteiger partial charge in [-0.2, -0.15) is 0 Å². The molecular formula is C16H14O6S. The third kappa shape index (κ3) is 3.46. The second-order valence-corrected chi connectivity index (χ2v) is 6.57. The summed E-state index contributed by atoms with van der Waals surface area (Å²) in [5, 5.41) is 8.78. The van der Waals surface area contributed by atoms with Gasteiger partial charge in [-0.05, 0) is 36.4 Å². The number of rotatable bonds is 5. The van der Waals surface area contributed by atoms with E-state index in [1.807, 2.05) is 0 Å². The first-order chi connectivity index (χ1) is 10.9. The van der Waals surface area contributed by atoms with Crippen LogP contribution in [0.4, 0.5) is 0 Å². The van der Waals surface area contributed by atoms with Crippen LogP contribution in [0.1, 0.15) is 20.7 Å². The van der Waals surface area contributed by atoms with Gasteiger partial charge in [0.25, 0.3) is 0 Å². The number of methoxy groups -OCH3 is 1. The average molecular weight is 334 g/mol. The summed E-state index contributed by atoms with van der Waals surface area (Å²) in [6.45, 7) is -0.638. The van der Waals surface area contributed by atoms with Gasteiger partial charge in [-0.25, -0.2) is 13.2 Å². The van der Waals surface area contributed by atoms with Crippen molar-refractivity contribution in [3.05, 3.63) is 59.7 Å². The van der Waals surface area contributed by atoms with Crippen molar-refractivity contribution < 1.29 is 27.9 Å². The molecule has 6 nitrogen and oxygen atoms in total. The number of aliphatic hydroxyl groups is 1. The fourth-order valence-electron chi connectivity index (χ4n) is 1.94. The third-order valence-electron chi connectivity index (χ3n) is 3.22. The van der Waals surface area contributed by atoms with E-state index in [0.717, 1.165) is 0 Å². The van der Waals surface area contributed by atoms with Gasteiger partial charge >= 0.3 is 5.97 Å². The maximum atomic E-state index is 12.5. The molecule has 7 heteroatoms. The lowest BCUT2D eigenvalue weighted by Crippen LogP contribution is -2.07. The van der Waals surface area contributed by atoms with Crippen LogP contribution in [-0.4, -0.2) is 39.0 Å². The SMILES string of the molecule is COC(=O)c1ccc(S(=O)(=O)c2ccc(C(=O)CO)cc2)cc1. The summed E-state index contributed by atoms with van der Waals surface area (Å²) < 4.78 is 29.5. The molecule has 0 aliphatic heterocycles. The summed E-state index contributed by atoms with van der Waals surface area (Å²) in [5.41, 5.74) is 0.475. The smallest absolute Gasteiger partial charge is 0.337 e. The molecule has 0 bridgehead atoms. The van der Waals surface area contributed by atoms with E-state index in [1.165, 1.54) is 55.6 Å². The number of carbonyl (C=O) groups is 2. The Bertz CT molecular complexity index is 754. The predicted octanol–water partition coefficient (Wildman–Crippen LogP) is 1.48. The summed E-state index contributed by atoms with van der Waals surface area (Å²) in [6.07, 6.45) is 0. The average Bonchev–Trinajstić information content (AvgIpc) is 2.60. The molecule has 0 fully saturated rings. The number of sulfone groups is 1. The Balaban J connectivity index is 2.34. The van der Waals surface area contributed by atoms with E-state index >= 15 is 0 Å². The summed E-state index contributed by atoms with van der Waals surface area (Å²) in [7, 11) is -2.52. The van der Waals surface area contributed by atoms with Gasteiger partial charge in [0.1, 0.15) is 6.61 Å². The number of hydrogen-bond donors (Lipinski definition) is 1. The van der Waals surface area contributed by atoms with Crippen LogP contribution in [0, 0.1) is 0 Å². The van der Waals surface area contributed by atoms with Crippen LogP contribution >= 0.6 is 0 Å². The van der Waals surface area contributed by atoms with E-state index < -0.39 is 28.2 Å². The first-order valence-electron chi connectivity index (χ1n) is 6.57. The highest BCUT2D eigenvalue weighted by molar-refractivity contribution is 7.91. The minimum atomic E-state index is -3.76. The van der Waals surface area contributed by atoms with Gasteiger partial charge in [0.2, 0.25) is 9.84 Å². The summed E-state index contributed by atoms with van der Waals surface area (Å²) in [6, 6.07) is 10.6. The molecule has 1 N–H and O–H groups in total. The normalized spacial score (nSPS) is 11.0. The minimum Gasteiger partial charge on any atom is -0.465 e. The van der Waals surface area contributed by atoms with Crippen molar-refractivity contribution in [2.45, 2.75) is 9.79 Å². The van der Waals surface area contributed by atoms with Crippen molar-refractivity contribution in [2.24, 2.45) is 0 Å². The Morgan fingerprint density at radius 2 is 1.35 bits per heavy atom. The molecule has 0 unspecified atom stereocenters. The van der Waals surface area contributed by atoms with Crippen LogP contribution in [0.3, 0.4) is 0 Å². The molecule has 0 saturated carbocycles. The molecule has 2 aromatic rings. The molecule has 0 radical (unpaired) electrons. The fraction of sp³-hybridized carbons (Fsp3) is 0.125. The summed E-state index contributed by atoms with van der Waals surface area (Å²) >= 11 is 0. The van der Waals surface area contributed by atoms with E-state index in [1.54, 1.807) is 0 Å². The maximum absolute atomic E-state index is 12.5. The Morgan fingerprint density at radius 3 is 1.74 bits per heavy atom. The van der Waals surface area contributed by atoms with E-state index in [0.29, 0.717) is 0 Å². The number of benzene rings is 2. The molecule has 0 aromatic heterocycles. The molecule has 0 aliphatic carbocycles. The number of carbonyl (C=O) groups excluding carboxylic acids is 2. The molecule has 0 heterocycles. The van der Waals surface area contributed by atoms with Gasteiger partial charge in [0, 0.05) is 5.56 Å². The van der Waals surface area contributed by atoms with Crippen molar-refractivity contribution in [2.75, 3.05) is 13.7 Å². The van der Waals surface area contributed by atoms with Gasteiger partial charge < -0.3 is 9.84 Å². The van der Waals surface area contributed by atoms with Crippen LogP contribution < -0.4 is 0 Å². The summed E-state index contributed by atoms with van der Waals surface area (Å²) in [5.74, 6) is -1.04. The minimum absolute atomic E-state index is 0.0119. The fourth-order valence-corrected chi connectivity index (χ4v) is 3.20. The van der Waals surface area contributed by atoms with Crippen molar-refractivity contribution in [1.29, 1.82) is 0 Å². The zero-order chi connectivity index (χ0) is 17.0. The molecule has 0 aliphatic rings. The van der Waals surface area contributed by atoms with Gasteiger partial charge in [0.05, 0.1) is 22.5 Å². The zero-order valence-corrected chi connectivity index (χ0v) is 13.0. The first-order valence-corrected chi connectivity index (χ1v) is 8.06. The third-order valence-corrected chi connectivity index (χ3v) is 5.00. The highest BCUT2D eigenvalue weighted by Gasteiger charge is 2.18. The Kier molecular flexibility index (Phi) is 4.92. The number of hydrogen-bond acceptors (Lipinski definition) is 6. The van der Waals surface area contributed by atoms with Gasteiger partial charge in [-0.15, -0.1) is 0 Å². The van der Waals surface area contributed by atoms with Crippen LogP contribution in [0.15, 0.2) is 58.3 Å². The van der Waals surface area contributed by atoms with Crippen LogP contribution in [-0.2, 0) is 14.6 Å². The van der Waals surface area contributed by atoms with Gasteiger partial charge in [-0.3, -0.25) is 4.79 Å². The second-order valence-electron chi connectivity index (χ2n) is 4.63. The topological polar surface area (TPSA) is 97.7 Å². The van der Waals surface area contributed by atoms with Crippen molar-refractivity contribution in [1.82, 2.24) is 0 Å². The standard InChI is InChI=1S/C16H14O6S/c1-22-16(19)12-4-8-14(9-5-12)23(20,21)13-6-2-11(3-7-13)15(18)10-17/h2-9,17H,10H2,1H3. The predicted molar refractivity (Wildman–Crippen MR) is 81.1 cm³/mol. The lowest BCUT2D eigenvalue weighted by Gasteiger charge is -2.06. The molecule has 120 valence electrons. The molecule has 0 amide bonds. The van der Waals surface area contributed by atoms with E-state index in [2.05, 4.69) is 4.74 Å². The number of Topliss-reactive ketones (excluding diaryl/α,β-unsaturated/α-hetero) is 1. The largest absolute Gasteiger partial charge is 0.465 e. The Labute approximate surface area is 133 Å². The summed E-state index contributed by atoms with van der Waals surface area (Å²) in [4.78, 5) is 22.7. The molecule has 2 rings (SSSR count). The molecule has 0 atom stereocenters. The number of ether oxygens (including phenoxy) is 1. The van der Waals surface area contributed by atoms with E-state index in [-0.39, 0.29) is 20.9 Å². The maximum Gasteiger partial charge on any atom is 0.337 e. The Morgan fingerprint density at radius 1 is 0.913 bits per heavy atom. The lowest BCUT2D eigenvalue weighted by atomic mass is 10.1. The van der Waals surface area contributed by atoms with Crippen molar-refractivity contribution in [3.8, 4) is 0 Å². The van der Waals surface area contributed by atoms with Crippen molar-refractivity contribution >= 4 is 21.6 Å². The molecule has 23 heavy (non-hydrogen) atoms. The van der Waals surface area contributed by atoms with Crippen LogP contribution in [0.25, 0.3) is 0 Å². The zero-order valence-electron chi connectivity index (χ0n) is 12.2. The van der Waals surface area contributed by atoms with Crippen molar-refractivity contribution in [3.63, 3.8) is 0 Å². The number of aliphatic hydroxyl groups excluding tert-OH is 1.